The number of guanidine groups is 1. The van der Waals surface area contributed by atoms with Crippen LogP contribution in [0, 0.1) is 5.92 Å². The van der Waals surface area contributed by atoms with Crippen LogP contribution in [0.15, 0.2) is 4.99 Å². The minimum atomic E-state index is -0.384. The average molecular weight is 370 g/mol. The van der Waals surface area contributed by atoms with Gasteiger partial charge >= 0.3 is 5.97 Å². The maximum Gasteiger partial charge on any atom is 0.309 e. The van der Waals surface area contributed by atoms with E-state index in [1.807, 2.05) is 0 Å². The fourth-order valence-corrected chi connectivity index (χ4v) is 2.94. The van der Waals surface area contributed by atoms with Crippen LogP contribution in [0.4, 0.5) is 0 Å². The highest BCUT2D eigenvalue weighted by Gasteiger charge is 2.22. The largest absolute Gasteiger partial charge is 0.466 e. The van der Waals surface area contributed by atoms with Crippen molar-refractivity contribution in [3.8, 4) is 0 Å². The SMILES string of the molecule is CCCCCCCCCCC(=O)CC(CCCN=C(N)N)C(=O)OCC. The summed E-state index contributed by atoms with van der Waals surface area (Å²) in [5.41, 5.74) is 10.6. The Kier molecular flexibility index (Phi) is 15.8. The van der Waals surface area contributed by atoms with Crippen LogP contribution in [0.5, 0.6) is 0 Å². The Balaban J connectivity index is 4.04. The Morgan fingerprint density at radius 1 is 0.923 bits per heavy atom. The van der Waals surface area contributed by atoms with E-state index in [4.69, 9.17) is 16.2 Å². The maximum atomic E-state index is 12.2. The molecule has 1 unspecified atom stereocenters. The van der Waals surface area contributed by atoms with Gasteiger partial charge in [0.2, 0.25) is 0 Å². The number of carbonyl (C=O) groups is 2. The predicted octanol–water partition coefficient (Wildman–Crippen LogP) is 3.71. The molecule has 0 aliphatic carbocycles. The van der Waals surface area contributed by atoms with E-state index in [0.29, 0.717) is 32.4 Å². The number of ether oxygens (including phenoxy) is 1. The van der Waals surface area contributed by atoms with E-state index in [9.17, 15) is 9.59 Å². The molecule has 6 nitrogen and oxygen atoms in total. The molecule has 0 fully saturated rings. The molecule has 0 rings (SSSR count). The van der Waals surface area contributed by atoms with Crippen LogP contribution in [-0.2, 0) is 14.3 Å². The van der Waals surface area contributed by atoms with Gasteiger partial charge in [-0.25, -0.2) is 0 Å². The monoisotopic (exact) mass is 369 g/mol. The van der Waals surface area contributed by atoms with Gasteiger partial charge in [-0.15, -0.1) is 0 Å². The first-order valence-electron chi connectivity index (χ1n) is 10.2. The molecule has 0 bridgehead atoms. The normalized spacial score (nSPS) is 11.8. The topological polar surface area (TPSA) is 108 Å². The second-order valence-corrected chi connectivity index (χ2v) is 6.87. The van der Waals surface area contributed by atoms with E-state index in [2.05, 4.69) is 11.9 Å². The zero-order chi connectivity index (χ0) is 19.6. The van der Waals surface area contributed by atoms with Gasteiger partial charge in [-0.1, -0.05) is 51.9 Å². The zero-order valence-corrected chi connectivity index (χ0v) is 16.8. The fraction of sp³-hybridized carbons (Fsp3) is 0.850. The average Bonchev–Trinajstić information content (AvgIpc) is 2.59. The number of rotatable bonds is 17. The van der Waals surface area contributed by atoms with E-state index in [1.165, 1.54) is 38.5 Å². The molecular weight excluding hydrogens is 330 g/mol. The van der Waals surface area contributed by atoms with Gasteiger partial charge in [0.1, 0.15) is 5.78 Å². The summed E-state index contributed by atoms with van der Waals surface area (Å²) in [7, 11) is 0. The van der Waals surface area contributed by atoms with E-state index in [-0.39, 0.29) is 30.1 Å². The van der Waals surface area contributed by atoms with Crippen molar-refractivity contribution in [3.63, 3.8) is 0 Å². The summed E-state index contributed by atoms with van der Waals surface area (Å²) in [6.07, 6.45) is 11.7. The van der Waals surface area contributed by atoms with Crippen molar-refractivity contribution in [1.29, 1.82) is 0 Å². The zero-order valence-electron chi connectivity index (χ0n) is 16.8. The molecule has 152 valence electrons. The minimum Gasteiger partial charge on any atom is -0.466 e. The molecule has 0 saturated carbocycles. The van der Waals surface area contributed by atoms with Crippen molar-refractivity contribution in [2.45, 2.75) is 90.9 Å². The second kappa shape index (κ2) is 16.9. The first kappa shape index (κ1) is 24.4. The molecule has 1 atom stereocenters. The Labute approximate surface area is 159 Å². The van der Waals surface area contributed by atoms with Gasteiger partial charge in [0.15, 0.2) is 5.96 Å². The van der Waals surface area contributed by atoms with Crippen LogP contribution in [0.3, 0.4) is 0 Å². The lowest BCUT2D eigenvalue weighted by Gasteiger charge is -2.14. The molecule has 0 aliphatic rings. The van der Waals surface area contributed by atoms with E-state index in [0.717, 1.165) is 12.8 Å². The van der Waals surface area contributed by atoms with Crippen LogP contribution in [-0.4, -0.2) is 30.9 Å². The van der Waals surface area contributed by atoms with Crippen molar-refractivity contribution in [2.75, 3.05) is 13.2 Å². The number of aliphatic imine (C=N–C) groups is 1. The highest BCUT2D eigenvalue weighted by Crippen LogP contribution is 2.17. The van der Waals surface area contributed by atoms with Gasteiger partial charge in [0.05, 0.1) is 12.5 Å². The Hall–Kier alpha value is -1.59. The lowest BCUT2D eigenvalue weighted by atomic mass is 9.94. The van der Waals surface area contributed by atoms with Crippen LogP contribution in [0.25, 0.3) is 0 Å². The Morgan fingerprint density at radius 2 is 1.54 bits per heavy atom. The van der Waals surface area contributed by atoms with Crippen molar-refractivity contribution in [2.24, 2.45) is 22.4 Å². The molecule has 0 heterocycles. The van der Waals surface area contributed by atoms with Gasteiger partial charge in [0.25, 0.3) is 0 Å². The Morgan fingerprint density at radius 3 is 2.12 bits per heavy atom. The van der Waals surface area contributed by atoms with Crippen molar-refractivity contribution in [3.05, 3.63) is 0 Å². The van der Waals surface area contributed by atoms with Gasteiger partial charge in [-0.05, 0) is 26.2 Å². The summed E-state index contributed by atoms with van der Waals surface area (Å²) in [6, 6.07) is 0. The molecule has 0 spiro atoms. The summed E-state index contributed by atoms with van der Waals surface area (Å²) in [4.78, 5) is 28.2. The van der Waals surface area contributed by atoms with Crippen LogP contribution in [0.2, 0.25) is 0 Å². The van der Waals surface area contributed by atoms with Crippen molar-refractivity contribution in [1.82, 2.24) is 0 Å². The number of hydrogen-bond acceptors (Lipinski definition) is 4. The van der Waals surface area contributed by atoms with Gasteiger partial charge in [-0.2, -0.15) is 0 Å². The molecule has 0 aromatic carbocycles. The van der Waals surface area contributed by atoms with Crippen molar-refractivity contribution >= 4 is 17.7 Å². The molecule has 0 saturated heterocycles. The molecular formula is C20H39N3O3. The van der Waals surface area contributed by atoms with Crippen molar-refractivity contribution < 1.29 is 14.3 Å². The van der Waals surface area contributed by atoms with Crippen LogP contribution >= 0.6 is 0 Å². The number of carbonyl (C=O) groups excluding carboxylic acids is 2. The molecule has 0 aromatic rings. The molecule has 0 aromatic heterocycles. The molecule has 0 amide bonds. The summed E-state index contributed by atoms with van der Waals surface area (Å²) in [6.45, 7) is 4.78. The number of esters is 1. The third-order valence-corrected chi connectivity index (χ3v) is 4.41. The van der Waals surface area contributed by atoms with Crippen LogP contribution in [0.1, 0.15) is 90.9 Å². The summed E-state index contributed by atoms with van der Waals surface area (Å²) >= 11 is 0. The quantitative estimate of drug-likeness (QED) is 0.176. The smallest absolute Gasteiger partial charge is 0.309 e. The number of unbranched alkanes of at least 4 members (excludes halogenated alkanes) is 7. The highest BCUT2D eigenvalue weighted by molar-refractivity contribution is 5.84. The number of nitrogens with two attached hydrogens (primary N) is 2. The first-order valence-corrected chi connectivity index (χ1v) is 10.2. The van der Waals surface area contributed by atoms with E-state index < -0.39 is 0 Å². The maximum absolute atomic E-state index is 12.2. The van der Waals surface area contributed by atoms with Gasteiger partial charge < -0.3 is 16.2 Å². The number of Topliss-reactive ketones (excluding diaryl/α,β-unsaturated/α-hetero) is 1. The number of hydrogen-bond donors (Lipinski definition) is 2. The highest BCUT2D eigenvalue weighted by atomic mass is 16.5. The lowest BCUT2D eigenvalue weighted by molar-refractivity contribution is -0.149. The number of nitrogens with zero attached hydrogens (tertiary/aromatic N) is 1. The molecule has 6 heteroatoms. The summed E-state index contributed by atoms with van der Waals surface area (Å²) in [5.74, 6) is -0.480. The third-order valence-electron chi connectivity index (χ3n) is 4.41. The molecule has 4 N–H and O–H groups in total. The minimum absolute atomic E-state index is 0.0449. The lowest BCUT2D eigenvalue weighted by Crippen LogP contribution is -2.24. The predicted molar refractivity (Wildman–Crippen MR) is 107 cm³/mol. The molecule has 26 heavy (non-hydrogen) atoms. The second-order valence-electron chi connectivity index (χ2n) is 6.87. The van der Waals surface area contributed by atoms with Gasteiger partial charge in [0, 0.05) is 19.4 Å². The van der Waals surface area contributed by atoms with E-state index in [1.54, 1.807) is 6.92 Å². The third kappa shape index (κ3) is 14.7. The van der Waals surface area contributed by atoms with Gasteiger partial charge in [-0.3, -0.25) is 14.6 Å². The molecule has 0 radical (unpaired) electrons. The summed E-state index contributed by atoms with van der Waals surface area (Å²) in [5, 5.41) is 0. The number of ketones is 1. The Bertz CT molecular complexity index is 407. The molecule has 0 aliphatic heterocycles. The van der Waals surface area contributed by atoms with E-state index >= 15 is 0 Å². The standard InChI is InChI=1S/C20H39N3O3/c1-3-5-6-7-8-9-10-11-14-18(24)16-17(19(25)26-4-2)13-12-15-23-20(21)22/h17H,3-16H2,1-2H3,(H4,21,22,23). The fourth-order valence-electron chi connectivity index (χ4n) is 2.94. The first-order chi connectivity index (χ1) is 12.5. The van der Waals surface area contributed by atoms with Crippen LogP contribution < -0.4 is 11.5 Å². The summed E-state index contributed by atoms with van der Waals surface area (Å²) < 4.78 is 5.10.